The topological polar surface area (TPSA) is 67.8 Å². The van der Waals surface area contributed by atoms with Gasteiger partial charge in [-0.25, -0.2) is 4.39 Å². The number of hydrogen-bond donors (Lipinski definition) is 2. The zero-order chi connectivity index (χ0) is 16.5. The smallest absolute Gasteiger partial charge is 0.387 e. The summed E-state index contributed by atoms with van der Waals surface area (Å²) in [6.07, 6.45) is 0.969. The van der Waals surface area contributed by atoms with Gasteiger partial charge in [0.05, 0.1) is 7.11 Å². The Hall–Kier alpha value is -1.67. The molecule has 0 atom stereocenters. The van der Waals surface area contributed by atoms with Crippen LogP contribution in [0.5, 0.6) is 11.5 Å². The molecule has 5 nitrogen and oxygen atoms in total. The van der Waals surface area contributed by atoms with Crippen LogP contribution in [0.2, 0.25) is 5.02 Å². The molecule has 0 radical (unpaired) electrons. The number of phenols is 1. The molecule has 1 aromatic rings. The second-order valence-electron chi connectivity index (χ2n) is 4.81. The van der Waals surface area contributed by atoms with Crippen molar-refractivity contribution >= 4 is 17.6 Å². The summed E-state index contributed by atoms with van der Waals surface area (Å²) in [5, 5.41) is 11.5. The van der Waals surface area contributed by atoms with Gasteiger partial charge in [-0.1, -0.05) is 11.6 Å². The van der Waals surface area contributed by atoms with Crippen LogP contribution in [-0.4, -0.2) is 30.3 Å². The van der Waals surface area contributed by atoms with Crippen LogP contribution in [0.3, 0.4) is 0 Å². The summed E-state index contributed by atoms with van der Waals surface area (Å²) < 4.78 is 47.6. The Bertz CT molecular complexity index is 593. The number of hydrogen-bond acceptors (Lipinski definition) is 5. The van der Waals surface area contributed by atoms with Gasteiger partial charge in [-0.2, -0.15) is 8.78 Å². The lowest BCUT2D eigenvalue weighted by Crippen LogP contribution is -2.39. The fourth-order valence-electron chi connectivity index (χ4n) is 2.02. The molecular formula is C13H13ClF3NO4. The monoisotopic (exact) mass is 339 g/mol. The number of benzene rings is 1. The van der Waals surface area contributed by atoms with Crippen molar-refractivity contribution in [3.05, 3.63) is 22.5 Å². The Balaban J connectivity index is 2.25. The second kappa shape index (κ2) is 6.21. The number of carbonyl (C=O) groups excluding carboxylic acids is 1. The summed E-state index contributed by atoms with van der Waals surface area (Å²) in [5.74, 6) is -2.88. The Morgan fingerprint density at radius 3 is 2.68 bits per heavy atom. The van der Waals surface area contributed by atoms with Crippen LogP contribution in [0.25, 0.3) is 0 Å². The lowest BCUT2D eigenvalue weighted by Gasteiger charge is -2.18. The van der Waals surface area contributed by atoms with E-state index in [0.29, 0.717) is 12.8 Å². The van der Waals surface area contributed by atoms with Crippen molar-refractivity contribution in [3.63, 3.8) is 0 Å². The minimum atomic E-state index is -3.20. The van der Waals surface area contributed by atoms with E-state index in [-0.39, 0.29) is 12.1 Å². The summed E-state index contributed by atoms with van der Waals surface area (Å²) in [6.45, 7) is -3.49. The average molecular weight is 340 g/mol. The van der Waals surface area contributed by atoms with Crippen molar-refractivity contribution in [3.8, 4) is 11.5 Å². The van der Waals surface area contributed by atoms with Crippen LogP contribution >= 0.6 is 11.6 Å². The van der Waals surface area contributed by atoms with Gasteiger partial charge in [-0.15, -0.1) is 0 Å². The number of nitrogens with one attached hydrogen (secondary N) is 1. The summed E-state index contributed by atoms with van der Waals surface area (Å²) in [4.78, 5) is 11.6. The first-order valence-corrected chi connectivity index (χ1v) is 6.66. The maximum atomic E-state index is 14.1. The molecule has 1 aromatic carbocycles. The molecule has 0 bridgehead atoms. The van der Waals surface area contributed by atoms with E-state index in [1.165, 1.54) is 7.11 Å². The van der Waals surface area contributed by atoms with Gasteiger partial charge in [0.25, 0.3) is 0 Å². The van der Waals surface area contributed by atoms with E-state index in [0.717, 1.165) is 6.07 Å². The number of ether oxygens (including phenoxy) is 2. The Labute approximate surface area is 129 Å². The van der Waals surface area contributed by atoms with Crippen LogP contribution in [0.4, 0.5) is 13.2 Å². The SMILES string of the molecule is COC(=O)C1(NCc2c(OC(F)F)cc(O)c(Cl)c2F)CC1. The van der Waals surface area contributed by atoms with Gasteiger partial charge in [0, 0.05) is 18.2 Å². The van der Waals surface area contributed by atoms with Crippen LogP contribution in [0.15, 0.2) is 6.07 Å². The molecule has 122 valence electrons. The van der Waals surface area contributed by atoms with Crippen LogP contribution in [-0.2, 0) is 16.1 Å². The molecule has 2 rings (SSSR count). The summed E-state index contributed by atoms with van der Waals surface area (Å²) in [7, 11) is 1.22. The van der Waals surface area contributed by atoms with Crippen molar-refractivity contribution in [2.24, 2.45) is 0 Å². The standard InChI is InChI=1S/C13H13ClF3NO4/c1-21-11(20)13(2-3-13)18-5-6-8(22-12(16)17)4-7(19)9(14)10(6)15/h4,12,18-19H,2-3,5H2,1H3. The Morgan fingerprint density at radius 1 is 1.55 bits per heavy atom. The predicted molar refractivity (Wildman–Crippen MR) is 70.5 cm³/mol. The van der Waals surface area contributed by atoms with E-state index in [4.69, 9.17) is 11.6 Å². The first-order valence-electron chi connectivity index (χ1n) is 6.29. The number of phenolic OH excluding ortho intramolecular Hbond substituents is 1. The van der Waals surface area contributed by atoms with Gasteiger partial charge in [-0.3, -0.25) is 10.1 Å². The van der Waals surface area contributed by atoms with Crippen molar-refractivity contribution in [1.82, 2.24) is 5.32 Å². The van der Waals surface area contributed by atoms with Crippen molar-refractivity contribution in [1.29, 1.82) is 0 Å². The number of aromatic hydroxyl groups is 1. The Kier molecular flexibility index (Phi) is 4.72. The quantitative estimate of drug-likeness (QED) is 0.780. The molecule has 22 heavy (non-hydrogen) atoms. The van der Waals surface area contributed by atoms with Gasteiger partial charge < -0.3 is 14.6 Å². The lowest BCUT2D eigenvalue weighted by molar-refractivity contribution is -0.144. The largest absolute Gasteiger partial charge is 0.506 e. The molecule has 0 unspecified atom stereocenters. The third-order valence-electron chi connectivity index (χ3n) is 3.39. The second-order valence-corrected chi connectivity index (χ2v) is 5.18. The molecule has 1 fully saturated rings. The molecule has 0 heterocycles. The highest BCUT2D eigenvalue weighted by atomic mass is 35.5. The molecule has 0 saturated heterocycles. The van der Waals surface area contributed by atoms with E-state index in [1.807, 2.05) is 0 Å². The zero-order valence-electron chi connectivity index (χ0n) is 11.5. The number of rotatable bonds is 6. The normalized spacial score (nSPS) is 15.7. The molecule has 1 aliphatic carbocycles. The van der Waals surface area contributed by atoms with E-state index < -0.39 is 40.5 Å². The van der Waals surface area contributed by atoms with Crippen LogP contribution in [0.1, 0.15) is 18.4 Å². The number of alkyl halides is 2. The molecule has 0 spiro atoms. The minimum Gasteiger partial charge on any atom is -0.506 e. The number of esters is 1. The molecule has 1 aliphatic rings. The molecule has 9 heteroatoms. The third kappa shape index (κ3) is 3.22. The van der Waals surface area contributed by atoms with E-state index >= 15 is 0 Å². The molecule has 0 aliphatic heterocycles. The molecular weight excluding hydrogens is 327 g/mol. The average Bonchev–Trinajstić information content (AvgIpc) is 3.24. The van der Waals surface area contributed by atoms with Crippen molar-refractivity contribution < 1.29 is 32.5 Å². The maximum Gasteiger partial charge on any atom is 0.387 e. The highest BCUT2D eigenvalue weighted by Crippen LogP contribution is 2.39. The first-order chi connectivity index (χ1) is 10.3. The van der Waals surface area contributed by atoms with E-state index in [1.54, 1.807) is 0 Å². The summed E-state index contributed by atoms with van der Waals surface area (Å²) in [5.41, 5.74) is -1.26. The van der Waals surface area contributed by atoms with Crippen molar-refractivity contribution in [2.45, 2.75) is 31.5 Å². The fraction of sp³-hybridized carbons (Fsp3) is 0.462. The van der Waals surface area contributed by atoms with E-state index in [9.17, 15) is 23.1 Å². The Morgan fingerprint density at radius 2 is 2.18 bits per heavy atom. The molecule has 0 aromatic heterocycles. The van der Waals surface area contributed by atoms with Gasteiger partial charge in [0.2, 0.25) is 0 Å². The number of carbonyl (C=O) groups is 1. The van der Waals surface area contributed by atoms with E-state index in [2.05, 4.69) is 14.8 Å². The summed E-state index contributed by atoms with van der Waals surface area (Å²) in [6, 6.07) is 0.798. The zero-order valence-corrected chi connectivity index (χ0v) is 12.2. The van der Waals surface area contributed by atoms with Crippen LogP contribution in [0, 0.1) is 5.82 Å². The fourth-order valence-corrected chi connectivity index (χ4v) is 2.19. The van der Waals surface area contributed by atoms with Crippen molar-refractivity contribution in [2.75, 3.05) is 7.11 Å². The third-order valence-corrected chi connectivity index (χ3v) is 3.75. The highest BCUT2D eigenvalue weighted by Gasteiger charge is 2.51. The van der Waals surface area contributed by atoms with Crippen LogP contribution < -0.4 is 10.1 Å². The first kappa shape index (κ1) is 16.7. The predicted octanol–water partition coefficient (Wildman–Crippen LogP) is 2.58. The van der Waals surface area contributed by atoms with Gasteiger partial charge >= 0.3 is 12.6 Å². The molecule has 0 amide bonds. The highest BCUT2D eigenvalue weighted by molar-refractivity contribution is 6.32. The van der Waals surface area contributed by atoms with Gasteiger partial charge in [0.15, 0.2) is 5.82 Å². The van der Waals surface area contributed by atoms with Gasteiger partial charge in [0.1, 0.15) is 22.1 Å². The number of halogens is 4. The number of methoxy groups -OCH3 is 1. The lowest BCUT2D eigenvalue weighted by atomic mass is 10.1. The van der Waals surface area contributed by atoms with Gasteiger partial charge in [-0.05, 0) is 12.8 Å². The molecule has 2 N–H and O–H groups in total. The summed E-state index contributed by atoms with van der Waals surface area (Å²) >= 11 is 5.56. The maximum absolute atomic E-state index is 14.1. The molecule has 1 saturated carbocycles. The minimum absolute atomic E-state index is 0.289.